The van der Waals surface area contributed by atoms with E-state index < -0.39 is 6.04 Å². The number of hydrogen-bond acceptors (Lipinski definition) is 4. The molecule has 2 aliphatic heterocycles. The molecule has 1 aliphatic carbocycles. The minimum Gasteiger partial charge on any atom is -0.381 e. The van der Waals surface area contributed by atoms with Gasteiger partial charge in [-0.1, -0.05) is 12.1 Å². The van der Waals surface area contributed by atoms with E-state index in [0.717, 1.165) is 31.4 Å². The summed E-state index contributed by atoms with van der Waals surface area (Å²) in [6.07, 6.45) is 2.81. The third-order valence-corrected chi connectivity index (χ3v) is 4.99. The van der Waals surface area contributed by atoms with Crippen LogP contribution >= 0.6 is 0 Å². The van der Waals surface area contributed by atoms with Gasteiger partial charge in [0, 0.05) is 24.1 Å². The first-order valence-corrected chi connectivity index (χ1v) is 8.47. The number of amides is 3. The summed E-state index contributed by atoms with van der Waals surface area (Å²) in [5, 5.41) is 2.30. The lowest BCUT2D eigenvalue weighted by molar-refractivity contribution is -0.126. The van der Waals surface area contributed by atoms with E-state index in [1.165, 1.54) is 0 Å². The fourth-order valence-electron chi connectivity index (χ4n) is 3.55. The van der Waals surface area contributed by atoms with E-state index in [4.69, 9.17) is 4.74 Å². The van der Waals surface area contributed by atoms with Crippen LogP contribution in [0.3, 0.4) is 0 Å². The van der Waals surface area contributed by atoms with E-state index in [9.17, 15) is 14.4 Å². The van der Waals surface area contributed by atoms with E-state index in [-0.39, 0.29) is 30.2 Å². The standard InChI is InChI=1S/C18H20N2O4/c21-16-9-15(17(22)19-16)20(14-4-5-14)18(23)12-3-1-2-11(8-12)13-6-7-24-10-13/h1-3,8,13-15H,4-7,9-10H2,(H,19,21,22)/t13-,15-/m0/s1. The molecule has 0 spiro atoms. The number of carbonyl (C=O) groups is 3. The molecule has 0 aromatic heterocycles. The molecule has 3 amide bonds. The van der Waals surface area contributed by atoms with Crippen LogP contribution in [0.25, 0.3) is 0 Å². The van der Waals surface area contributed by atoms with Crippen molar-refractivity contribution in [2.24, 2.45) is 0 Å². The van der Waals surface area contributed by atoms with E-state index in [1.54, 1.807) is 11.0 Å². The summed E-state index contributed by atoms with van der Waals surface area (Å²) in [5.74, 6) is -0.502. The topological polar surface area (TPSA) is 75.7 Å². The van der Waals surface area contributed by atoms with Gasteiger partial charge < -0.3 is 9.64 Å². The Hall–Kier alpha value is -2.21. The van der Waals surface area contributed by atoms with Gasteiger partial charge in [0.2, 0.25) is 11.8 Å². The zero-order valence-corrected chi connectivity index (χ0v) is 13.4. The smallest absolute Gasteiger partial charge is 0.254 e. The Balaban J connectivity index is 1.60. The molecular weight excluding hydrogens is 308 g/mol. The lowest BCUT2D eigenvalue weighted by Crippen LogP contribution is -2.46. The number of carbonyl (C=O) groups excluding carboxylic acids is 3. The average Bonchev–Trinajstić information content (AvgIpc) is 3.14. The summed E-state index contributed by atoms with van der Waals surface area (Å²) in [6.45, 7) is 1.44. The second-order valence-electron chi connectivity index (χ2n) is 6.76. The van der Waals surface area contributed by atoms with Crippen LogP contribution < -0.4 is 5.32 Å². The van der Waals surface area contributed by atoms with Gasteiger partial charge >= 0.3 is 0 Å². The molecule has 3 fully saturated rings. The Morgan fingerprint density at radius 2 is 2.04 bits per heavy atom. The molecule has 1 saturated carbocycles. The molecule has 6 nitrogen and oxygen atoms in total. The van der Waals surface area contributed by atoms with Crippen LogP contribution in [-0.2, 0) is 14.3 Å². The zero-order chi connectivity index (χ0) is 16.7. The molecule has 4 rings (SSSR count). The predicted molar refractivity (Wildman–Crippen MR) is 85.4 cm³/mol. The number of benzene rings is 1. The van der Waals surface area contributed by atoms with Gasteiger partial charge in [-0.2, -0.15) is 0 Å². The number of ether oxygens (including phenoxy) is 1. The molecule has 1 aromatic rings. The van der Waals surface area contributed by atoms with Crippen molar-refractivity contribution in [3.8, 4) is 0 Å². The maximum atomic E-state index is 13.0. The summed E-state index contributed by atoms with van der Waals surface area (Å²) in [4.78, 5) is 38.2. The average molecular weight is 328 g/mol. The second kappa shape index (κ2) is 6.02. The van der Waals surface area contributed by atoms with Gasteiger partial charge in [-0.05, 0) is 37.0 Å². The van der Waals surface area contributed by atoms with Gasteiger partial charge in [-0.15, -0.1) is 0 Å². The Kier molecular flexibility index (Phi) is 3.84. The zero-order valence-electron chi connectivity index (χ0n) is 13.4. The first-order chi connectivity index (χ1) is 11.6. The Morgan fingerprint density at radius 3 is 2.67 bits per heavy atom. The van der Waals surface area contributed by atoms with Crippen LogP contribution in [0.1, 0.15) is 47.5 Å². The Labute approximate surface area is 140 Å². The van der Waals surface area contributed by atoms with Gasteiger partial charge in [0.25, 0.3) is 5.91 Å². The molecule has 3 aliphatic rings. The number of nitrogens with zero attached hydrogens (tertiary/aromatic N) is 1. The van der Waals surface area contributed by atoms with Crippen LogP contribution in [0.4, 0.5) is 0 Å². The molecule has 6 heteroatoms. The SMILES string of the molecule is O=C1C[C@H](N(C(=O)c2cccc([C@H]3CCOC3)c2)C2CC2)C(=O)N1. The first-order valence-electron chi connectivity index (χ1n) is 8.47. The minimum absolute atomic E-state index is 0.0667. The minimum atomic E-state index is -0.670. The van der Waals surface area contributed by atoms with Crippen LogP contribution in [0.5, 0.6) is 0 Å². The molecule has 2 heterocycles. The maximum Gasteiger partial charge on any atom is 0.254 e. The molecule has 126 valence electrons. The molecule has 0 radical (unpaired) electrons. The first kappa shape index (κ1) is 15.3. The van der Waals surface area contributed by atoms with Gasteiger partial charge in [0.05, 0.1) is 13.0 Å². The van der Waals surface area contributed by atoms with Crippen LogP contribution in [0.2, 0.25) is 0 Å². The second-order valence-corrected chi connectivity index (χ2v) is 6.76. The lowest BCUT2D eigenvalue weighted by atomic mass is 9.96. The van der Waals surface area contributed by atoms with Crippen molar-refractivity contribution in [2.45, 2.75) is 43.7 Å². The number of imide groups is 1. The largest absolute Gasteiger partial charge is 0.381 e. The van der Waals surface area contributed by atoms with Crippen molar-refractivity contribution in [3.05, 3.63) is 35.4 Å². The highest BCUT2D eigenvalue weighted by atomic mass is 16.5. The number of nitrogens with one attached hydrogen (secondary N) is 1. The van der Waals surface area contributed by atoms with Gasteiger partial charge in [0.1, 0.15) is 6.04 Å². The molecule has 24 heavy (non-hydrogen) atoms. The van der Waals surface area contributed by atoms with Gasteiger partial charge in [-0.25, -0.2) is 0 Å². The van der Waals surface area contributed by atoms with E-state index in [2.05, 4.69) is 5.32 Å². The van der Waals surface area contributed by atoms with Crippen molar-refractivity contribution in [1.82, 2.24) is 10.2 Å². The maximum absolute atomic E-state index is 13.0. The third-order valence-electron chi connectivity index (χ3n) is 4.99. The summed E-state index contributed by atoms with van der Waals surface area (Å²) in [5.41, 5.74) is 1.68. The quantitative estimate of drug-likeness (QED) is 0.843. The highest BCUT2D eigenvalue weighted by molar-refractivity contribution is 6.08. The molecule has 0 unspecified atom stereocenters. The third kappa shape index (κ3) is 2.82. The van der Waals surface area contributed by atoms with E-state index >= 15 is 0 Å². The molecule has 2 atom stereocenters. The fourth-order valence-corrected chi connectivity index (χ4v) is 3.55. The number of rotatable bonds is 4. The fraction of sp³-hybridized carbons (Fsp3) is 0.500. The molecular formula is C18H20N2O4. The summed E-state index contributed by atoms with van der Waals surface area (Å²) >= 11 is 0. The Bertz CT molecular complexity index is 692. The van der Waals surface area contributed by atoms with Crippen molar-refractivity contribution in [1.29, 1.82) is 0 Å². The number of hydrogen-bond donors (Lipinski definition) is 1. The van der Waals surface area contributed by atoms with Crippen LogP contribution in [0.15, 0.2) is 24.3 Å². The Morgan fingerprint density at radius 1 is 1.21 bits per heavy atom. The van der Waals surface area contributed by atoms with Crippen LogP contribution in [0, 0.1) is 0 Å². The summed E-state index contributed by atoms with van der Waals surface area (Å²) in [7, 11) is 0. The van der Waals surface area contributed by atoms with Gasteiger partial charge in [-0.3, -0.25) is 19.7 Å². The summed E-state index contributed by atoms with van der Waals surface area (Å²) < 4.78 is 5.43. The van der Waals surface area contributed by atoms with Crippen molar-refractivity contribution in [2.75, 3.05) is 13.2 Å². The van der Waals surface area contributed by atoms with Gasteiger partial charge in [0.15, 0.2) is 0 Å². The van der Waals surface area contributed by atoms with Crippen molar-refractivity contribution < 1.29 is 19.1 Å². The van der Waals surface area contributed by atoms with Crippen LogP contribution in [-0.4, -0.2) is 47.9 Å². The highest BCUT2D eigenvalue weighted by Gasteiger charge is 2.44. The lowest BCUT2D eigenvalue weighted by Gasteiger charge is -2.27. The predicted octanol–water partition coefficient (Wildman–Crippen LogP) is 1.21. The van der Waals surface area contributed by atoms with E-state index in [1.807, 2.05) is 18.2 Å². The molecule has 1 aromatic carbocycles. The molecule has 2 saturated heterocycles. The molecule has 1 N–H and O–H groups in total. The summed E-state index contributed by atoms with van der Waals surface area (Å²) in [6, 6.07) is 6.99. The van der Waals surface area contributed by atoms with Crippen molar-refractivity contribution >= 4 is 17.7 Å². The monoisotopic (exact) mass is 328 g/mol. The molecule has 0 bridgehead atoms. The van der Waals surface area contributed by atoms with Crippen molar-refractivity contribution in [3.63, 3.8) is 0 Å². The highest BCUT2D eigenvalue weighted by Crippen LogP contribution is 2.33. The van der Waals surface area contributed by atoms with E-state index in [0.29, 0.717) is 18.1 Å². The normalized spacial score (nSPS) is 26.5.